The van der Waals surface area contributed by atoms with Crippen LogP contribution in [0.3, 0.4) is 0 Å². The molecule has 2 aromatic carbocycles. The van der Waals surface area contributed by atoms with Gasteiger partial charge in [-0.25, -0.2) is 9.37 Å². The zero-order valence-electron chi connectivity index (χ0n) is 22.6. The number of nitrogens with zero attached hydrogens (tertiary/aromatic N) is 4. The number of para-hydroxylation sites is 2. The van der Waals surface area contributed by atoms with Crippen molar-refractivity contribution in [2.45, 2.75) is 38.8 Å². The van der Waals surface area contributed by atoms with E-state index in [9.17, 15) is 18.8 Å². The number of aromatic amines is 1. The smallest absolute Gasteiger partial charge is 0.280 e. The number of carbonyl (C=O) groups excluding carboxylic acids is 2. The lowest BCUT2D eigenvalue weighted by molar-refractivity contribution is -0.136. The van der Waals surface area contributed by atoms with Gasteiger partial charge in [0.1, 0.15) is 23.7 Å². The Bertz CT molecular complexity index is 1610. The van der Waals surface area contributed by atoms with Gasteiger partial charge in [-0.2, -0.15) is 5.10 Å². The third-order valence-corrected chi connectivity index (χ3v) is 7.04. The first kappa shape index (κ1) is 27.0. The first-order valence-electron chi connectivity index (χ1n) is 13.2. The highest BCUT2D eigenvalue weighted by Gasteiger charge is 2.33. The third kappa shape index (κ3) is 5.73. The van der Waals surface area contributed by atoms with E-state index in [1.165, 1.54) is 12.1 Å². The summed E-state index contributed by atoms with van der Waals surface area (Å²) in [6.45, 7) is 4.54. The quantitative estimate of drug-likeness (QED) is 0.367. The number of H-pyrrole nitrogens is 1. The van der Waals surface area contributed by atoms with Gasteiger partial charge in [-0.05, 0) is 36.2 Å². The van der Waals surface area contributed by atoms with Gasteiger partial charge in [0.05, 0.1) is 17.2 Å². The first-order chi connectivity index (χ1) is 19.2. The number of aryl methyl sites for hydroxylation is 1. The van der Waals surface area contributed by atoms with Gasteiger partial charge in [-0.3, -0.25) is 19.1 Å². The van der Waals surface area contributed by atoms with Crippen LogP contribution in [0.2, 0.25) is 0 Å². The zero-order chi connectivity index (χ0) is 28.4. The Morgan fingerprint density at radius 1 is 1.15 bits per heavy atom. The molecule has 2 N–H and O–H groups in total. The Labute approximate surface area is 230 Å². The van der Waals surface area contributed by atoms with E-state index >= 15 is 0 Å². The van der Waals surface area contributed by atoms with Crippen molar-refractivity contribution in [2.75, 3.05) is 13.1 Å². The number of hydrogen-bond donors (Lipinski definition) is 2. The fourth-order valence-electron chi connectivity index (χ4n) is 4.87. The van der Waals surface area contributed by atoms with E-state index < -0.39 is 17.5 Å². The summed E-state index contributed by atoms with van der Waals surface area (Å²) in [7, 11) is 1.79. The van der Waals surface area contributed by atoms with Gasteiger partial charge in [-0.1, -0.05) is 26.0 Å². The Hall–Kier alpha value is -4.54. The van der Waals surface area contributed by atoms with Gasteiger partial charge in [0.2, 0.25) is 5.91 Å². The Balaban J connectivity index is 1.24. The predicted molar refractivity (Wildman–Crippen MR) is 147 cm³/mol. The maximum atomic E-state index is 14.0. The standard InChI is InChI=1S/C29H31FN6O4/c1-17(2)25(34-28(38)26-27(37)33-23-7-5-4-6-22(23)32-26)29(39)36-12-10-20(11-13-36)40-24-9-8-19(30)14-21(24)18-15-31-35(3)16-18/h4-9,14-17,20,25H,10-13H2,1-3H3,(H,33,37)(H,34,38)/t25-/m0/s1. The molecule has 0 saturated carbocycles. The lowest BCUT2D eigenvalue weighted by Gasteiger charge is -2.35. The molecule has 4 aromatic rings. The average molecular weight is 547 g/mol. The summed E-state index contributed by atoms with van der Waals surface area (Å²) in [4.78, 5) is 47.6. The molecule has 0 radical (unpaired) electrons. The molecule has 0 bridgehead atoms. The molecule has 2 amide bonds. The molecule has 10 nitrogen and oxygen atoms in total. The number of amides is 2. The number of aromatic nitrogens is 4. The summed E-state index contributed by atoms with van der Waals surface area (Å²) in [5.74, 6) is -0.951. The van der Waals surface area contributed by atoms with Crippen LogP contribution in [0, 0.1) is 11.7 Å². The van der Waals surface area contributed by atoms with Gasteiger partial charge in [0.25, 0.3) is 11.5 Å². The minimum atomic E-state index is -0.827. The maximum Gasteiger partial charge on any atom is 0.280 e. The van der Waals surface area contributed by atoms with Crippen molar-refractivity contribution in [1.82, 2.24) is 30.0 Å². The number of nitrogens with one attached hydrogen (secondary N) is 2. The van der Waals surface area contributed by atoms with Gasteiger partial charge >= 0.3 is 0 Å². The number of rotatable bonds is 7. The molecule has 11 heteroatoms. The van der Waals surface area contributed by atoms with Crippen LogP contribution in [-0.2, 0) is 11.8 Å². The summed E-state index contributed by atoms with van der Waals surface area (Å²) >= 11 is 0. The molecule has 208 valence electrons. The lowest BCUT2D eigenvalue weighted by Crippen LogP contribution is -2.54. The van der Waals surface area contributed by atoms with Crippen molar-refractivity contribution in [3.05, 3.63) is 76.7 Å². The van der Waals surface area contributed by atoms with Crippen molar-refractivity contribution in [1.29, 1.82) is 0 Å². The number of halogens is 1. The Morgan fingerprint density at radius 2 is 1.90 bits per heavy atom. The summed E-state index contributed by atoms with van der Waals surface area (Å²) < 4.78 is 21.9. The summed E-state index contributed by atoms with van der Waals surface area (Å²) in [6.07, 6.45) is 4.42. The molecule has 0 aliphatic carbocycles. The second-order valence-electron chi connectivity index (χ2n) is 10.3. The minimum absolute atomic E-state index is 0.169. The number of ether oxygens (including phenoxy) is 1. The molecule has 3 heterocycles. The van der Waals surface area contributed by atoms with Crippen LogP contribution in [0.15, 0.2) is 59.7 Å². The van der Waals surface area contributed by atoms with E-state index in [-0.39, 0.29) is 29.4 Å². The Kier molecular flexibility index (Phi) is 7.63. The molecule has 0 unspecified atom stereocenters. The van der Waals surface area contributed by atoms with E-state index in [1.54, 1.807) is 59.4 Å². The maximum absolute atomic E-state index is 14.0. The lowest BCUT2D eigenvalue weighted by atomic mass is 10.00. The number of fused-ring (bicyclic) bond motifs is 1. The third-order valence-electron chi connectivity index (χ3n) is 7.04. The second-order valence-corrected chi connectivity index (χ2v) is 10.3. The fraction of sp³-hybridized carbons (Fsp3) is 0.345. The molecule has 5 rings (SSSR count). The van der Waals surface area contributed by atoms with Gasteiger partial charge in [0.15, 0.2) is 5.69 Å². The Morgan fingerprint density at radius 3 is 2.60 bits per heavy atom. The highest BCUT2D eigenvalue weighted by molar-refractivity contribution is 5.97. The normalized spacial score (nSPS) is 14.9. The monoisotopic (exact) mass is 546 g/mol. The average Bonchev–Trinajstić information content (AvgIpc) is 3.38. The van der Waals surface area contributed by atoms with Crippen LogP contribution >= 0.6 is 0 Å². The number of likely N-dealkylation sites (tertiary alicyclic amines) is 1. The number of hydrogen-bond acceptors (Lipinski definition) is 6. The van der Waals surface area contributed by atoms with E-state index in [2.05, 4.69) is 20.4 Å². The molecule has 40 heavy (non-hydrogen) atoms. The molecule has 1 fully saturated rings. The van der Waals surface area contributed by atoms with Crippen molar-refractivity contribution in [2.24, 2.45) is 13.0 Å². The highest BCUT2D eigenvalue weighted by Crippen LogP contribution is 2.32. The van der Waals surface area contributed by atoms with Crippen LogP contribution in [0.4, 0.5) is 4.39 Å². The van der Waals surface area contributed by atoms with E-state index in [1.807, 2.05) is 13.8 Å². The van der Waals surface area contributed by atoms with Crippen LogP contribution in [0.1, 0.15) is 37.2 Å². The van der Waals surface area contributed by atoms with Crippen molar-refractivity contribution >= 4 is 22.8 Å². The molecule has 2 aromatic heterocycles. The van der Waals surface area contributed by atoms with Gasteiger partial charge in [-0.15, -0.1) is 0 Å². The van der Waals surface area contributed by atoms with Gasteiger partial charge in [0, 0.05) is 50.3 Å². The number of benzene rings is 2. The molecular formula is C29H31FN6O4. The minimum Gasteiger partial charge on any atom is -0.490 e. The molecule has 1 saturated heterocycles. The summed E-state index contributed by atoms with van der Waals surface area (Å²) in [6, 6.07) is 10.5. The molecular weight excluding hydrogens is 515 g/mol. The largest absolute Gasteiger partial charge is 0.490 e. The van der Waals surface area contributed by atoms with Crippen molar-refractivity contribution in [3.63, 3.8) is 0 Å². The van der Waals surface area contributed by atoms with Crippen molar-refractivity contribution < 1.29 is 18.7 Å². The van der Waals surface area contributed by atoms with E-state index in [0.717, 1.165) is 5.56 Å². The highest BCUT2D eigenvalue weighted by atomic mass is 19.1. The summed E-state index contributed by atoms with van der Waals surface area (Å²) in [5.41, 5.74) is 1.48. The number of carbonyl (C=O) groups is 2. The van der Waals surface area contributed by atoms with Crippen LogP contribution in [0.25, 0.3) is 22.2 Å². The van der Waals surface area contributed by atoms with Crippen LogP contribution < -0.4 is 15.6 Å². The van der Waals surface area contributed by atoms with E-state index in [4.69, 9.17) is 4.74 Å². The summed E-state index contributed by atoms with van der Waals surface area (Å²) in [5, 5.41) is 6.90. The van der Waals surface area contributed by atoms with Crippen LogP contribution in [0.5, 0.6) is 5.75 Å². The van der Waals surface area contributed by atoms with Crippen molar-refractivity contribution in [3.8, 4) is 16.9 Å². The predicted octanol–water partition coefficient (Wildman–Crippen LogP) is 3.29. The first-order valence-corrected chi connectivity index (χ1v) is 13.2. The zero-order valence-corrected chi connectivity index (χ0v) is 22.6. The van der Waals surface area contributed by atoms with Crippen LogP contribution in [-0.4, -0.2) is 61.7 Å². The molecule has 1 atom stereocenters. The molecule has 0 spiro atoms. The molecule has 1 aliphatic heterocycles. The topological polar surface area (TPSA) is 122 Å². The number of piperidine rings is 1. The second kappa shape index (κ2) is 11.3. The molecule has 1 aliphatic rings. The fourth-order valence-corrected chi connectivity index (χ4v) is 4.87. The SMILES string of the molecule is CC(C)[C@H](NC(=O)c1nc2ccccc2[nH]c1=O)C(=O)N1CCC(Oc2ccc(F)cc2-c2cnn(C)c2)CC1. The van der Waals surface area contributed by atoms with Gasteiger partial charge < -0.3 is 19.9 Å². The van der Waals surface area contributed by atoms with E-state index in [0.29, 0.717) is 48.3 Å².